The lowest BCUT2D eigenvalue weighted by Crippen LogP contribution is -2.24. The van der Waals surface area contributed by atoms with E-state index in [4.69, 9.17) is 49.3 Å². The van der Waals surface area contributed by atoms with Gasteiger partial charge in [0.1, 0.15) is 29.0 Å². The Morgan fingerprint density at radius 1 is 0.421 bits per heavy atom. The summed E-state index contributed by atoms with van der Waals surface area (Å²) in [6, 6.07) is 10.5. The van der Waals surface area contributed by atoms with Crippen molar-refractivity contribution in [2.45, 2.75) is 32.1 Å². The molecular formula is C33H38N2O22. The van der Waals surface area contributed by atoms with Crippen LogP contribution in [0.2, 0.25) is 0 Å². The van der Waals surface area contributed by atoms with E-state index in [1.54, 1.807) is 0 Å². The van der Waals surface area contributed by atoms with Gasteiger partial charge in [-0.25, -0.2) is 28.8 Å². The first kappa shape index (κ1) is 47.0. The molecule has 0 bridgehead atoms. The van der Waals surface area contributed by atoms with Gasteiger partial charge in [-0.3, -0.25) is 40.1 Å². The van der Waals surface area contributed by atoms with Gasteiger partial charge < -0.3 is 37.9 Å². The number of benzene rings is 2. The largest absolute Gasteiger partial charge is 0.463 e. The lowest BCUT2D eigenvalue weighted by Gasteiger charge is -2.11. The molecule has 0 heterocycles. The first-order valence-electron chi connectivity index (χ1n) is 16.4. The number of carbonyl (C=O) groups is 8. The molecule has 24 nitrogen and oxygen atoms in total. The number of esters is 8. The Morgan fingerprint density at radius 3 is 1.16 bits per heavy atom. The van der Waals surface area contributed by atoms with Crippen molar-refractivity contribution in [3.63, 3.8) is 0 Å². The molecule has 0 aliphatic carbocycles. The van der Waals surface area contributed by atoms with Gasteiger partial charge in [-0.05, 0) is 49.9 Å². The molecule has 4 N–H and O–H groups in total. The first-order chi connectivity index (χ1) is 27.2. The van der Waals surface area contributed by atoms with Crippen molar-refractivity contribution in [2.24, 2.45) is 0 Å². The molecule has 0 spiro atoms. The highest BCUT2D eigenvalue weighted by molar-refractivity contribution is 5.96. The predicted molar refractivity (Wildman–Crippen MR) is 174 cm³/mol. The third-order valence-corrected chi connectivity index (χ3v) is 6.31. The van der Waals surface area contributed by atoms with E-state index >= 15 is 0 Å². The zero-order valence-electron chi connectivity index (χ0n) is 29.8. The van der Waals surface area contributed by atoms with Gasteiger partial charge in [0.25, 0.3) is 0 Å². The molecule has 0 amide bonds. The molecule has 2 rings (SSSR count). The second-order valence-electron chi connectivity index (χ2n) is 10.6. The van der Waals surface area contributed by atoms with Crippen LogP contribution in [0.3, 0.4) is 0 Å². The summed E-state index contributed by atoms with van der Waals surface area (Å²) in [5.74, 6) is -9.41. The van der Waals surface area contributed by atoms with E-state index in [1.807, 2.05) is 0 Å². The molecule has 0 saturated carbocycles. The molecule has 0 aromatic heterocycles. The average molecular weight is 815 g/mol. The number of rotatable bonds is 26. The summed E-state index contributed by atoms with van der Waals surface area (Å²) in [6.07, 6.45) is 0.176. The minimum atomic E-state index is -1.26. The summed E-state index contributed by atoms with van der Waals surface area (Å²) in [5, 5.41) is 32.8. The Balaban J connectivity index is 1.71. The molecule has 2 aromatic rings. The summed E-state index contributed by atoms with van der Waals surface area (Å²) in [4.78, 5) is 106. The fourth-order valence-electron chi connectivity index (χ4n) is 3.81. The molecule has 0 radical (unpaired) electrons. The van der Waals surface area contributed by atoms with Gasteiger partial charge in [-0.15, -0.1) is 0 Å². The molecule has 0 aliphatic rings. The monoisotopic (exact) mass is 814 g/mol. The van der Waals surface area contributed by atoms with E-state index in [0.717, 1.165) is 0 Å². The van der Waals surface area contributed by atoms with Crippen molar-refractivity contribution in [3.05, 3.63) is 59.7 Å². The first-order valence-corrected chi connectivity index (χ1v) is 16.4. The maximum Gasteiger partial charge on any atom is 0.349 e. The predicted octanol–water partition coefficient (Wildman–Crippen LogP) is 0.659. The van der Waals surface area contributed by atoms with Crippen molar-refractivity contribution < 1.29 is 107 Å². The van der Waals surface area contributed by atoms with Crippen molar-refractivity contribution in [3.8, 4) is 11.5 Å². The van der Waals surface area contributed by atoms with Crippen LogP contribution in [0.25, 0.3) is 0 Å². The van der Waals surface area contributed by atoms with E-state index in [1.165, 1.54) is 48.5 Å². The molecule has 0 saturated heterocycles. The van der Waals surface area contributed by atoms with Gasteiger partial charge in [-0.2, -0.15) is 0 Å². The van der Waals surface area contributed by atoms with E-state index in [0.29, 0.717) is 25.7 Å². The molecule has 0 aliphatic heterocycles. The zero-order chi connectivity index (χ0) is 42.0. The molecule has 312 valence electrons. The highest BCUT2D eigenvalue weighted by Gasteiger charge is 2.22. The highest BCUT2D eigenvalue weighted by Crippen LogP contribution is 2.20. The molecule has 0 unspecified atom stereocenters. The van der Waals surface area contributed by atoms with E-state index in [2.05, 4.69) is 19.1 Å². The number of ether oxygens (including phenoxy) is 8. The molecule has 57 heavy (non-hydrogen) atoms. The smallest absolute Gasteiger partial charge is 0.349 e. The summed E-state index contributed by atoms with van der Waals surface area (Å²) in [6.45, 7) is -3.88. The standard InChI is InChI=1S/C33H38N2O22/c36-26(50-20-30(40)56-24-11-3-1-9-22(24)32(42)52-18-28(38)48-13-5-7-15-54-34(44)45)17-27(37)51-21-31(41)57-25-12-4-2-10-23(25)33(43)53-19-29(39)49-14-6-8-16-55-35(46)47/h1-4,9-12,44-47H,5-8,13-21H2. The maximum absolute atomic E-state index is 12.5. The number of para-hydroxylation sites is 2. The van der Waals surface area contributed by atoms with Gasteiger partial charge in [0.15, 0.2) is 26.4 Å². The summed E-state index contributed by atoms with van der Waals surface area (Å²) in [5.41, 5.74) is -0.543. The number of unbranched alkanes of at least 4 members (excludes halogenated alkanes) is 2. The average Bonchev–Trinajstić information content (AvgIpc) is 3.17. The Morgan fingerprint density at radius 2 is 0.772 bits per heavy atom. The van der Waals surface area contributed by atoms with Crippen LogP contribution >= 0.6 is 0 Å². The second-order valence-corrected chi connectivity index (χ2v) is 10.6. The van der Waals surface area contributed by atoms with E-state index < -0.39 is 91.4 Å². The van der Waals surface area contributed by atoms with Crippen LogP contribution in [0.5, 0.6) is 11.5 Å². The summed E-state index contributed by atoms with van der Waals surface area (Å²) in [7, 11) is 0. The fourth-order valence-corrected chi connectivity index (χ4v) is 3.81. The van der Waals surface area contributed by atoms with Crippen LogP contribution in [-0.2, 0) is 66.9 Å². The van der Waals surface area contributed by atoms with Crippen molar-refractivity contribution in [2.75, 3.05) is 52.9 Å². The van der Waals surface area contributed by atoms with Crippen molar-refractivity contribution in [1.29, 1.82) is 0 Å². The lowest BCUT2D eigenvalue weighted by molar-refractivity contribution is -0.492. The number of hydrogen-bond donors (Lipinski definition) is 4. The molecule has 0 fully saturated rings. The third kappa shape index (κ3) is 20.9. The van der Waals surface area contributed by atoms with Gasteiger partial charge in [0, 0.05) is 0 Å². The third-order valence-electron chi connectivity index (χ3n) is 6.31. The number of nitrogens with zero attached hydrogens (tertiary/aromatic N) is 2. The van der Waals surface area contributed by atoms with Crippen LogP contribution in [0.4, 0.5) is 0 Å². The molecular weight excluding hydrogens is 776 g/mol. The SMILES string of the molecule is O=C(COC(=O)c1ccccc1OC(=O)COC(=O)CC(=O)OCC(=O)Oc1ccccc1C(=O)OCC(=O)OCCCCON(O)O)OCCCCON(O)O. The number of hydrogen-bond acceptors (Lipinski definition) is 24. The summed E-state index contributed by atoms with van der Waals surface area (Å²) < 4.78 is 38.9. The Hall–Kier alpha value is -6.12. The second kappa shape index (κ2) is 26.6. The lowest BCUT2D eigenvalue weighted by atomic mass is 10.2. The van der Waals surface area contributed by atoms with Crippen molar-refractivity contribution in [1.82, 2.24) is 10.8 Å². The normalized spacial score (nSPS) is 10.6. The molecule has 24 heteroatoms. The zero-order valence-corrected chi connectivity index (χ0v) is 29.8. The number of carbonyl (C=O) groups excluding carboxylic acids is 8. The Labute approximate surface area is 321 Å². The van der Waals surface area contributed by atoms with Gasteiger partial charge in [0.2, 0.25) is 0 Å². The van der Waals surface area contributed by atoms with Crippen LogP contribution in [0.1, 0.15) is 52.8 Å². The quantitative estimate of drug-likeness (QED) is 0.0253. The van der Waals surface area contributed by atoms with Gasteiger partial charge in [-0.1, -0.05) is 24.3 Å². The minimum Gasteiger partial charge on any atom is -0.463 e. The Bertz CT molecular complexity index is 1540. The van der Waals surface area contributed by atoms with Crippen LogP contribution in [0.15, 0.2) is 48.5 Å². The molecule has 2 aromatic carbocycles. The van der Waals surface area contributed by atoms with Crippen LogP contribution < -0.4 is 9.47 Å². The fraction of sp³-hybridized carbons (Fsp3) is 0.394. The van der Waals surface area contributed by atoms with Crippen LogP contribution in [0, 0.1) is 0 Å². The summed E-state index contributed by atoms with van der Waals surface area (Å²) >= 11 is 0. The molecule has 0 atom stereocenters. The Kier molecular flexibility index (Phi) is 22.0. The van der Waals surface area contributed by atoms with Crippen molar-refractivity contribution >= 4 is 47.8 Å². The minimum absolute atomic E-state index is 0.0624. The van der Waals surface area contributed by atoms with Crippen LogP contribution in [-0.4, -0.2) is 132 Å². The van der Waals surface area contributed by atoms with Gasteiger partial charge >= 0.3 is 47.8 Å². The maximum atomic E-state index is 12.5. The highest BCUT2D eigenvalue weighted by atomic mass is 17.1. The van der Waals surface area contributed by atoms with E-state index in [9.17, 15) is 38.4 Å². The van der Waals surface area contributed by atoms with Gasteiger partial charge in [0.05, 0.1) is 37.2 Å². The van der Waals surface area contributed by atoms with E-state index in [-0.39, 0.29) is 49.1 Å². The topological polar surface area (TPSA) is 316 Å².